The molecule has 0 bridgehead atoms. The number of anilines is 1. The first-order valence-electron chi connectivity index (χ1n) is 7.35. The molecule has 1 saturated carbocycles. The Kier molecular flexibility index (Phi) is 3.92. The lowest BCUT2D eigenvalue weighted by Crippen LogP contribution is -2.29. The van der Waals surface area contributed by atoms with E-state index in [0.29, 0.717) is 0 Å². The molecule has 108 valence electrons. The number of hydrogen-bond donors (Lipinski definition) is 1. The van der Waals surface area contributed by atoms with Crippen LogP contribution < -0.4 is 10.1 Å². The molecule has 3 rings (SSSR count). The summed E-state index contributed by atoms with van der Waals surface area (Å²) >= 11 is 1.87. The van der Waals surface area contributed by atoms with Crippen molar-refractivity contribution in [2.24, 2.45) is 4.99 Å². The largest absolute Gasteiger partial charge is 0.496 e. The van der Waals surface area contributed by atoms with Crippen molar-refractivity contribution in [1.29, 1.82) is 0 Å². The van der Waals surface area contributed by atoms with Gasteiger partial charge in [0.15, 0.2) is 5.17 Å². The van der Waals surface area contributed by atoms with Crippen molar-refractivity contribution in [1.82, 2.24) is 0 Å². The Bertz CT molecular complexity index is 521. The van der Waals surface area contributed by atoms with E-state index in [2.05, 4.69) is 24.4 Å². The minimum atomic E-state index is 0.229. The molecule has 1 aliphatic carbocycles. The van der Waals surface area contributed by atoms with Gasteiger partial charge < -0.3 is 10.1 Å². The normalized spacial score (nSPS) is 20.8. The second-order valence-corrected chi connectivity index (χ2v) is 6.76. The number of amidine groups is 1. The molecule has 0 amide bonds. The van der Waals surface area contributed by atoms with E-state index in [9.17, 15) is 0 Å². The lowest BCUT2D eigenvalue weighted by molar-refractivity contribution is 0.335. The van der Waals surface area contributed by atoms with Crippen molar-refractivity contribution in [3.8, 4) is 5.75 Å². The number of benzene rings is 1. The van der Waals surface area contributed by atoms with Gasteiger partial charge in [0.2, 0.25) is 0 Å². The van der Waals surface area contributed by atoms with Gasteiger partial charge in [0.1, 0.15) is 5.75 Å². The number of methoxy groups -OCH3 is 1. The summed E-state index contributed by atoms with van der Waals surface area (Å²) < 4.78 is 5.30. The lowest BCUT2D eigenvalue weighted by atomic mass is 9.84. The highest BCUT2D eigenvalue weighted by Gasteiger charge is 2.36. The highest BCUT2D eigenvalue weighted by atomic mass is 32.2. The molecule has 4 heteroatoms. The first-order valence-corrected chi connectivity index (χ1v) is 8.34. The van der Waals surface area contributed by atoms with E-state index in [-0.39, 0.29) is 5.54 Å². The molecule has 0 radical (unpaired) electrons. The molecule has 0 saturated heterocycles. The monoisotopic (exact) mass is 290 g/mol. The van der Waals surface area contributed by atoms with Crippen LogP contribution in [0.2, 0.25) is 0 Å². The molecular formula is C16H22N2OS. The standard InChI is InChI=1S/C16H22N2OS/c1-12-10-13(6-7-14(12)19-2)17-15-18-16(11-20-15)8-4-3-5-9-16/h6-7,10H,3-5,8-9,11H2,1-2H3,(H,17,18). The van der Waals surface area contributed by atoms with Gasteiger partial charge in [-0.3, -0.25) is 4.99 Å². The summed E-state index contributed by atoms with van der Waals surface area (Å²) in [5.41, 5.74) is 2.48. The average molecular weight is 290 g/mol. The van der Waals surface area contributed by atoms with Crippen LogP contribution in [0.25, 0.3) is 0 Å². The summed E-state index contributed by atoms with van der Waals surface area (Å²) in [4.78, 5) is 4.98. The molecule has 0 atom stereocenters. The summed E-state index contributed by atoms with van der Waals surface area (Å²) in [7, 11) is 1.71. The van der Waals surface area contributed by atoms with Crippen LogP contribution in [0.4, 0.5) is 5.69 Å². The topological polar surface area (TPSA) is 33.6 Å². The first kappa shape index (κ1) is 13.8. The fraction of sp³-hybridized carbons (Fsp3) is 0.562. The van der Waals surface area contributed by atoms with E-state index in [1.165, 1.54) is 32.1 Å². The van der Waals surface area contributed by atoms with Crippen LogP contribution in [-0.4, -0.2) is 23.6 Å². The van der Waals surface area contributed by atoms with Crippen LogP contribution in [0.15, 0.2) is 23.2 Å². The first-order chi connectivity index (χ1) is 9.71. The number of aryl methyl sites for hydroxylation is 1. The number of aliphatic imine (C=N–C) groups is 1. The number of hydrogen-bond acceptors (Lipinski definition) is 4. The number of nitrogens with one attached hydrogen (secondary N) is 1. The number of rotatable bonds is 2. The van der Waals surface area contributed by atoms with Gasteiger partial charge in [-0.25, -0.2) is 0 Å². The third kappa shape index (κ3) is 2.80. The quantitative estimate of drug-likeness (QED) is 0.885. The summed E-state index contributed by atoms with van der Waals surface area (Å²) in [5, 5.41) is 4.54. The predicted molar refractivity (Wildman–Crippen MR) is 87.1 cm³/mol. The summed E-state index contributed by atoms with van der Waals surface area (Å²) in [6.45, 7) is 2.07. The molecule has 1 heterocycles. The molecule has 1 aliphatic heterocycles. The van der Waals surface area contributed by atoms with E-state index in [1.807, 2.05) is 17.8 Å². The molecule has 20 heavy (non-hydrogen) atoms. The Morgan fingerprint density at radius 1 is 1.25 bits per heavy atom. The molecule has 1 spiro atoms. The molecular weight excluding hydrogens is 268 g/mol. The van der Waals surface area contributed by atoms with Crippen molar-refractivity contribution in [3.63, 3.8) is 0 Å². The van der Waals surface area contributed by atoms with Gasteiger partial charge in [-0.1, -0.05) is 31.0 Å². The van der Waals surface area contributed by atoms with E-state index in [4.69, 9.17) is 9.73 Å². The second kappa shape index (κ2) is 5.68. The van der Waals surface area contributed by atoms with Crippen molar-refractivity contribution < 1.29 is 4.74 Å². The maximum atomic E-state index is 5.30. The maximum absolute atomic E-state index is 5.30. The fourth-order valence-corrected chi connectivity index (χ4v) is 4.30. The van der Waals surface area contributed by atoms with Crippen LogP contribution >= 0.6 is 11.8 Å². The highest BCUT2D eigenvalue weighted by Crippen LogP contribution is 2.40. The third-order valence-electron chi connectivity index (χ3n) is 4.25. The molecule has 1 aromatic rings. The zero-order chi connectivity index (χ0) is 14.0. The van der Waals surface area contributed by atoms with Crippen molar-refractivity contribution in [2.75, 3.05) is 18.2 Å². The second-order valence-electron chi connectivity index (χ2n) is 5.80. The maximum Gasteiger partial charge on any atom is 0.161 e. The SMILES string of the molecule is COc1ccc(NC2=NC3(CCCCC3)CS2)cc1C. The summed E-state index contributed by atoms with van der Waals surface area (Å²) in [5.74, 6) is 2.07. The minimum absolute atomic E-state index is 0.229. The molecule has 0 aromatic heterocycles. The molecule has 1 N–H and O–H groups in total. The smallest absolute Gasteiger partial charge is 0.161 e. The molecule has 2 aliphatic rings. The van der Waals surface area contributed by atoms with Crippen molar-refractivity contribution >= 4 is 22.6 Å². The number of ether oxygens (including phenoxy) is 1. The third-order valence-corrected chi connectivity index (χ3v) is 5.40. The molecule has 1 fully saturated rings. The Morgan fingerprint density at radius 3 is 2.75 bits per heavy atom. The van der Waals surface area contributed by atoms with Crippen LogP contribution in [0, 0.1) is 6.92 Å². The summed E-state index contributed by atoms with van der Waals surface area (Å²) in [6.07, 6.45) is 6.56. The van der Waals surface area contributed by atoms with E-state index in [1.54, 1.807) is 7.11 Å². The van der Waals surface area contributed by atoms with Gasteiger partial charge in [0.25, 0.3) is 0 Å². The van der Waals surface area contributed by atoms with Gasteiger partial charge in [-0.2, -0.15) is 0 Å². The Balaban J connectivity index is 1.72. The minimum Gasteiger partial charge on any atom is -0.496 e. The summed E-state index contributed by atoms with van der Waals surface area (Å²) in [6, 6.07) is 6.18. The highest BCUT2D eigenvalue weighted by molar-refractivity contribution is 8.14. The van der Waals surface area contributed by atoms with Crippen molar-refractivity contribution in [2.45, 2.75) is 44.6 Å². The van der Waals surface area contributed by atoms with E-state index < -0.39 is 0 Å². The zero-order valence-electron chi connectivity index (χ0n) is 12.2. The van der Waals surface area contributed by atoms with Crippen LogP contribution in [0.3, 0.4) is 0 Å². The molecule has 1 aromatic carbocycles. The molecule has 0 unspecified atom stereocenters. The van der Waals surface area contributed by atoms with Crippen LogP contribution in [0.1, 0.15) is 37.7 Å². The molecule has 3 nitrogen and oxygen atoms in total. The van der Waals surface area contributed by atoms with Crippen LogP contribution in [0.5, 0.6) is 5.75 Å². The van der Waals surface area contributed by atoms with Gasteiger partial charge in [-0.05, 0) is 43.5 Å². The van der Waals surface area contributed by atoms with Gasteiger partial charge in [-0.15, -0.1) is 0 Å². The van der Waals surface area contributed by atoms with E-state index in [0.717, 1.165) is 27.9 Å². The Morgan fingerprint density at radius 2 is 2.05 bits per heavy atom. The zero-order valence-corrected chi connectivity index (χ0v) is 13.1. The van der Waals surface area contributed by atoms with Crippen molar-refractivity contribution in [3.05, 3.63) is 23.8 Å². The Labute approximate surface area is 125 Å². The average Bonchev–Trinajstić information content (AvgIpc) is 2.82. The predicted octanol–water partition coefficient (Wildman–Crippen LogP) is 4.22. The number of nitrogens with zero attached hydrogens (tertiary/aromatic N) is 1. The fourth-order valence-electron chi connectivity index (χ4n) is 3.09. The van der Waals surface area contributed by atoms with E-state index >= 15 is 0 Å². The Hall–Kier alpha value is -1.16. The lowest BCUT2D eigenvalue weighted by Gasteiger charge is -2.29. The number of thioether (sulfide) groups is 1. The van der Waals surface area contributed by atoms with Crippen LogP contribution in [-0.2, 0) is 0 Å². The van der Waals surface area contributed by atoms with Gasteiger partial charge in [0.05, 0.1) is 12.6 Å². The van der Waals surface area contributed by atoms with Gasteiger partial charge in [0, 0.05) is 11.4 Å². The van der Waals surface area contributed by atoms with Gasteiger partial charge >= 0.3 is 0 Å².